The Hall–Kier alpha value is 0.629. The summed E-state index contributed by atoms with van der Waals surface area (Å²) < 4.78 is 14.4. The van der Waals surface area contributed by atoms with Crippen LogP contribution in [0, 0.1) is 5.92 Å². The van der Waals surface area contributed by atoms with E-state index in [1.165, 1.54) is 0 Å². The number of phosphoric ester groups is 1. The molecule has 1 atom stereocenters. The van der Waals surface area contributed by atoms with Gasteiger partial charge in [0.05, 0.1) is 14.4 Å². The van der Waals surface area contributed by atoms with Crippen LogP contribution in [0.1, 0.15) is 39.5 Å². The van der Waals surface area contributed by atoms with Gasteiger partial charge in [-0.15, -0.1) is 0 Å². The maximum Gasteiger partial charge on any atom is 2.00 e. The largest absolute Gasteiger partial charge is 2.00 e. The minimum atomic E-state index is -4.76. The SMILES string of the molecule is CCCCC(CC)COP(=O)([O-])[O-].[Fe+2]. The third-order valence-corrected chi connectivity index (χ3v) is 2.48. The first-order valence-corrected chi connectivity index (χ1v) is 6.12. The molecule has 0 rings (SSSR count). The summed E-state index contributed by atoms with van der Waals surface area (Å²) in [5, 5.41) is 0. The van der Waals surface area contributed by atoms with Gasteiger partial charge in [0, 0.05) is 0 Å². The van der Waals surface area contributed by atoms with E-state index in [1.54, 1.807) is 0 Å². The van der Waals surface area contributed by atoms with E-state index in [4.69, 9.17) is 0 Å². The van der Waals surface area contributed by atoms with Gasteiger partial charge >= 0.3 is 17.1 Å². The van der Waals surface area contributed by atoms with Gasteiger partial charge in [-0.05, 0) is 12.3 Å². The maximum atomic E-state index is 10.2. The van der Waals surface area contributed by atoms with Crippen LogP contribution in [-0.2, 0) is 26.2 Å². The van der Waals surface area contributed by atoms with Gasteiger partial charge in [0.2, 0.25) is 0 Å². The van der Waals surface area contributed by atoms with Crippen molar-refractivity contribution in [1.82, 2.24) is 0 Å². The standard InChI is InChI=1S/C8H19O4P.Fe/c1-3-5-6-8(4-2)7-12-13(9,10)11;/h8H,3-7H2,1-2H3,(H2,9,10,11);/q;+2/p-2. The molecule has 6 heteroatoms. The van der Waals surface area contributed by atoms with Crippen molar-refractivity contribution in [2.45, 2.75) is 39.5 Å². The van der Waals surface area contributed by atoms with Crippen molar-refractivity contribution in [2.75, 3.05) is 6.61 Å². The van der Waals surface area contributed by atoms with E-state index in [-0.39, 0.29) is 29.6 Å². The molecular formula is C8H17FeO4P. The zero-order chi connectivity index (χ0) is 10.3. The molecule has 14 heavy (non-hydrogen) atoms. The molecule has 0 heterocycles. The van der Waals surface area contributed by atoms with E-state index < -0.39 is 7.82 Å². The van der Waals surface area contributed by atoms with Gasteiger partial charge in [0.1, 0.15) is 0 Å². The Kier molecular flexibility index (Phi) is 10.8. The van der Waals surface area contributed by atoms with E-state index in [0.717, 1.165) is 25.7 Å². The van der Waals surface area contributed by atoms with Crippen molar-refractivity contribution in [3.8, 4) is 0 Å². The molecule has 0 aliphatic carbocycles. The predicted molar refractivity (Wildman–Crippen MR) is 46.9 cm³/mol. The molecule has 0 aromatic carbocycles. The van der Waals surface area contributed by atoms with Crippen LogP contribution in [0.4, 0.5) is 0 Å². The summed E-state index contributed by atoms with van der Waals surface area (Å²) in [6.07, 6.45) is 3.89. The molecule has 0 aromatic heterocycles. The average molecular weight is 264 g/mol. The molecule has 0 fully saturated rings. The molecule has 0 aliphatic heterocycles. The summed E-state index contributed by atoms with van der Waals surface area (Å²) >= 11 is 0. The molecule has 0 aliphatic rings. The topological polar surface area (TPSA) is 72.4 Å². The van der Waals surface area contributed by atoms with Crippen LogP contribution in [0.25, 0.3) is 0 Å². The molecule has 86 valence electrons. The average Bonchev–Trinajstić information content (AvgIpc) is 2.03. The van der Waals surface area contributed by atoms with Crippen LogP contribution in [-0.4, -0.2) is 6.61 Å². The summed E-state index contributed by atoms with van der Waals surface area (Å²) in [4.78, 5) is 20.4. The molecule has 4 nitrogen and oxygen atoms in total. The molecule has 0 radical (unpaired) electrons. The summed E-state index contributed by atoms with van der Waals surface area (Å²) in [7, 11) is -4.76. The van der Waals surface area contributed by atoms with Crippen LogP contribution < -0.4 is 9.79 Å². The summed E-state index contributed by atoms with van der Waals surface area (Å²) in [5.74, 6) is 0.191. The Labute approximate surface area is 96.1 Å². The molecule has 0 saturated heterocycles. The van der Waals surface area contributed by atoms with E-state index >= 15 is 0 Å². The van der Waals surface area contributed by atoms with Gasteiger partial charge in [-0.1, -0.05) is 33.1 Å². The first-order valence-electron chi connectivity index (χ1n) is 4.66. The number of unbranched alkanes of at least 4 members (excludes halogenated alkanes) is 1. The Morgan fingerprint density at radius 3 is 2.29 bits per heavy atom. The number of hydrogen-bond acceptors (Lipinski definition) is 4. The Bertz CT molecular complexity index is 171. The summed E-state index contributed by atoms with van der Waals surface area (Å²) in [6, 6.07) is 0. The van der Waals surface area contributed by atoms with E-state index in [2.05, 4.69) is 11.4 Å². The predicted octanol–water partition coefficient (Wildman–Crippen LogP) is 1.05. The van der Waals surface area contributed by atoms with Crippen molar-refractivity contribution in [1.29, 1.82) is 0 Å². The minimum absolute atomic E-state index is 0. The van der Waals surface area contributed by atoms with E-state index in [9.17, 15) is 14.4 Å². The molecule has 0 saturated carbocycles. The van der Waals surface area contributed by atoms with Crippen LogP contribution in [0.3, 0.4) is 0 Å². The molecule has 1 unspecified atom stereocenters. The number of rotatable bonds is 7. The van der Waals surface area contributed by atoms with Gasteiger partial charge in [0.15, 0.2) is 0 Å². The maximum absolute atomic E-state index is 10.2. The van der Waals surface area contributed by atoms with E-state index in [1.807, 2.05) is 6.92 Å². The molecule has 0 bridgehead atoms. The first-order chi connectivity index (χ1) is 5.99. The van der Waals surface area contributed by atoms with Crippen LogP contribution >= 0.6 is 7.82 Å². The van der Waals surface area contributed by atoms with E-state index in [0.29, 0.717) is 0 Å². The van der Waals surface area contributed by atoms with Crippen LogP contribution in [0.15, 0.2) is 0 Å². The second-order valence-corrected chi connectivity index (χ2v) is 4.31. The fourth-order valence-electron chi connectivity index (χ4n) is 1.09. The second kappa shape index (κ2) is 8.90. The van der Waals surface area contributed by atoms with Crippen molar-refractivity contribution < 1.29 is 35.9 Å². The minimum Gasteiger partial charge on any atom is -0.790 e. The van der Waals surface area contributed by atoms with Gasteiger partial charge in [-0.2, -0.15) is 0 Å². The third kappa shape index (κ3) is 10.7. The van der Waals surface area contributed by atoms with Gasteiger partial charge < -0.3 is 18.9 Å². The molecular weight excluding hydrogens is 247 g/mol. The first kappa shape index (κ1) is 17.0. The fraction of sp³-hybridized carbons (Fsp3) is 1.00. The number of phosphoric acid groups is 1. The fourth-order valence-corrected chi connectivity index (χ4v) is 1.49. The molecule has 0 N–H and O–H groups in total. The van der Waals surface area contributed by atoms with Crippen LogP contribution in [0.2, 0.25) is 0 Å². The zero-order valence-corrected chi connectivity index (χ0v) is 10.5. The molecule has 0 aromatic rings. The summed E-state index contributed by atoms with van der Waals surface area (Å²) in [6.45, 7) is 4.07. The van der Waals surface area contributed by atoms with Gasteiger partial charge in [0.25, 0.3) is 0 Å². The Morgan fingerprint density at radius 2 is 1.93 bits per heavy atom. The Morgan fingerprint density at radius 1 is 1.36 bits per heavy atom. The quantitative estimate of drug-likeness (QED) is 0.508. The van der Waals surface area contributed by atoms with Gasteiger partial charge in [-0.25, -0.2) is 0 Å². The zero-order valence-electron chi connectivity index (χ0n) is 8.55. The third-order valence-electron chi connectivity index (χ3n) is 2.01. The van der Waals surface area contributed by atoms with Crippen molar-refractivity contribution in [3.63, 3.8) is 0 Å². The molecule has 0 amide bonds. The molecule has 0 spiro atoms. The normalized spacial score (nSPS) is 13.4. The van der Waals surface area contributed by atoms with Crippen molar-refractivity contribution >= 4 is 7.82 Å². The number of hydrogen-bond donors (Lipinski definition) is 0. The van der Waals surface area contributed by atoms with Gasteiger partial charge in [-0.3, -0.25) is 0 Å². The smallest absolute Gasteiger partial charge is 0.790 e. The summed E-state index contributed by atoms with van der Waals surface area (Å²) in [5.41, 5.74) is 0. The second-order valence-electron chi connectivity index (χ2n) is 3.16. The van der Waals surface area contributed by atoms with Crippen molar-refractivity contribution in [2.24, 2.45) is 5.92 Å². The Balaban J connectivity index is 0. The van der Waals surface area contributed by atoms with Crippen LogP contribution in [0.5, 0.6) is 0 Å². The monoisotopic (exact) mass is 264 g/mol. The van der Waals surface area contributed by atoms with Crippen molar-refractivity contribution in [3.05, 3.63) is 0 Å².